The van der Waals surface area contributed by atoms with Crippen molar-refractivity contribution in [2.75, 3.05) is 52.3 Å². The van der Waals surface area contributed by atoms with Gasteiger partial charge >= 0.3 is 0 Å². The summed E-state index contributed by atoms with van der Waals surface area (Å²) in [4.78, 5) is 3.86. The molecule has 2 rings (SSSR count). The second-order valence-electron chi connectivity index (χ2n) is 5.09. The zero-order valence-electron chi connectivity index (χ0n) is 12.9. The monoisotopic (exact) mass is 310 g/mol. The van der Waals surface area contributed by atoms with Crippen molar-refractivity contribution in [2.24, 2.45) is 0 Å². The zero-order chi connectivity index (χ0) is 15.2. The van der Waals surface area contributed by atoms with Crippen molar-refractivity contribution in [1.29, 1.82) is 0 Å². The Balaban J connectivity index is 1.99. The first-order chi connectivity index (χ1) is 10.2. The summed E-state index contributed by atoms with van der Waals surface area (Å²) in [7, 11) is 3.29. The Labute approximate surface area is 131 Å². The number of thiocarbonyl (C=S) groups is 1. The lowest BCUT2D eigenvalue weighted by Gasteiger charge is -2.33. The van der Waals surface area contributed by atoms with Gasteiger partial charge in [0.2, 0.25) is 0 Å². The average molecular weight is 310 g/mol. The molecule has 0 spiro atoms. The molecule has 21 heavy (non-hydrogen) atoms. The Morgan fingerprint density at radius 3 is 2.57 bits per heavy atom. The van der Waals surface area contributed by atoms with Crippen molar-refractivity contribution in [3.8, 4) is 11.5 Å². The molecule has 1 aromatic rings. The van der Waals surface area contributed by atoms with E-state index in [1.54, 1.807) is 19.1 Å². The summed E-state index contributed by atoms with van der Waals surface area (Å²) in [5.74, 6) is 1.50. The van der Waals surface area contributed by atoms with E-state index in [1.165, 1.54) is 6.54 Å². The highest BCUT2D eigenvalue weighted by Crippen LogP contribution is 2.29. The van der Waals surface area contributed by atoms with Crippen LogP contribution in [-0.2, 0) is 0 Å². The molecule has 1 saturated heterocycles. The van der Waals surface area contributed by atoms with Gasteiger partial charge in [0.15, 0.2) is 5.11 Å². The molecule has 1 heterocycles. The zero-order valence-corrected chi connectivity index (χ0v) is 13.8. The van der Waals surface area contributed by atoms with Crippen molar-refractivity contribution in [3.63, 3.8) is 0 Å². The third kappa shape index (κ3) is 3.98. The number of anilines is 1. The van der Waals surface area contributed by atoms with Crippen molar-refractivity contribution >= 4 is 23.0 Å². The minimum atomic E-state index is 0.731. The number of nitrogens with one attached hydrogen (secondary N) is 2. The summed E-state index contributed by atoms with van der Waals surface area (Å²) < 4.78 is 10.6. The minimum Gasteiger partial charge on any atom is -0.497 e. The number of rotatable bonds is 4. The van der Waals surface area contributed by atoms with E-state index in [0.29, 0.717) is 0 Å². The van der Waals surface area contributed by atoms with Crippen molar-refractivity contribution in [2.45, 2.75) is 6.92 Å². The van der Waals surface area contributed by atoms with E-state index >= 15 is 0 Å². The Morgan fingerprint density at radius 2 is 2.00 bits per heavy atom. The number of piperazine rings is 1. The van der Waals surface area contributed by atoms with E-state index in [0.717, 1.165) is 48.5 Å². The maximum Gasteiger partial charge on any atom is 0.173 e. The molecule has 1 fully saturated rings. The number of methoxy groups -OCH3 is 2. The van der Waals surface area contributed by atoms with E-state index < -0.39 is 0 Å². The number of benzene rings is 1. The summed E-state index contributed by atoms with van der Waals surface area (Å²) in [6.07, 6.45) is 0. The largest absolute Gasteiger partial charge is 0.497 e. The Bertz CT molecular complexity index is 488. The molecule has 0 unspecified atom stereocenters. The van der Waals surface area contributed by atoms with Crippen LogP contribution in [0.4, 0.5) is 5.69 Å². The first kappa shape index (κ1) is 15.9. The minimum absolute atomic E-state index is 0.731. The smallest absolute Gasteiger partial charge is 0.173 e. The molecule has 0 radical (unpaired) electrons. The summed E-state index contributed by atoms with van der Waals surface area (Å²) in [5.41, 5.74) is 0.869. The van der Waals surface area contributed by atoms with Crippen LogP contribution in [0.25, 0.3) is 0 Å². The number of likely N-dealkylation sites (N-methyl/N-ethyl adjacent to an activating group) is 1. The van der Waals surface area contributed by atoms with E-state index in [2.05, 4.69) is 17.1 Å². The van der Waals surface area contributed by atoms with Crippen LogP contribution in [0.3, 0.4) is 0 Å². The summed E-state index contributed by atoms with van der Waals surface area (Å²) in [6.45, 7) is 7.67. The standard InChI is InChI=1S/C15H23N3O2S/c1-4-17-7-9-18(10-8-17)15(21)16-13-6-5-12(19-2)11-14(13)20-3/h5-6,11H,4,7-10H2,1-3H3,(H,16,21)/p+1. The van der Waals surface area contributed by atoms with E-state index in [-0.39, 0.29) is 0 Å². The molecule has 0 amide bonds. The Morgan fingerprint density at radius 1 is 1.29 bits per heavy atom. The maximum absolute atomic E-state index is 5.52. The fraction of sp³-hybridized carbons (Fsp3) is 0.533. The van der Waals surface area contributed by atoms with Gasteiger partial charge in [0.25, 0.3) is 0 Å². The predicted molar refractivity (Wildman–Crippen MR) is 88.6 cm³/mol. The summed E-state index contributed by atoms with van der Waals surface area (Å²) in [5, 5.41) is 4.04. The fourth-order valence-electron chi connectivity index (χ4n) is 2.48. The van der Waals surface area contributed by atoms with Gasteiger partial charge in [-0.1, -0.05) is 0 Å². The van der Waals surface area contributed by atoms with Crippen molar-refractivity contribution in [1.82, 2.24) is 4.90 Å². The van der Waals surface area contributed by atoms with Gasteiger partial charge < -0.3 is 24.6 Å². The number of ether oxygens (including phenoxy) is 2. The summed E-state index contributed by atoms with van der Waals surface area (Å²) >= 11 is 5.52. The normalized spacial score (nSPS) is 15.7. The third-order valence-electron chi connectivity index (χ3n) is 3.91. The Kier molecular flexibility index (Phi) is 5.64. The second-order valence-corrected chi connectivity index (χ2v) is 5.47. The SMILES string of the molecule is CC[NH+]1CCN(C(=S)Nc2ccc(OC)cc2OC)CC1. The fourth-order valence-corrected chi connectivity index (χ4v) is 2.77. The van der Waals surface area contributed by atoms with Crippen LogP contribution in [0.1, 0.15) is 6.92 Å². The first-order valence-corrected chi connectivity index (χ1v) is 7.70. The van der Waals surface area contributed by atoms with Crippen LogP contribution < -0.4 is 19.7 Å². The van der Waals surface area contributed by atoms with E-state index in [9.17, 15) is 0 Å². The molecule has 6 heteroatoms. The van der Waals surface area contributed by atoms with Gasteiger partial charge in [-0.3, -0.25) is 0 Å². The molecule has 5 nitrogen and oxygen atoms in total. The highest BCUT2D eigenvalue weighted by atomic mass is 32.1. The lowest BCUT2D eigenvalue weighted by Crippen LogP contribution is -3.14. The van der Waals surface area contributed by atoms with Gasteiger partial charge in [-0.05, 0) is 31.3 Å². The quantitative estimate of drug-likeness (QED) is 0.798. The molecule has 1 aromatic carbocycles. The molecule has 1 aliphatic heterocycles. The van der Waals surface area contributed by atoms with Gasteiger partial charge in [-0.15, -0.1) is 0 Å². The highest BCUT2D eigenvalue weighted by Gasteiger charge is 2.21. The summed E-state index contributed by atoms with van der Waals surface area (Å²) in [6, 6.07) is 5.67. The maximum atomic E-state index is 5.52. The van der Waals surface area contributed by atoms with Gasteiger partial charge in [-0.2, -0.15) is 0 Å². The molecule has 0 aliphatic carbocycles. The van der Waals surface area contributed by atoms with Crippen LogP contribution >= 0.6 is 12.2 Å². The van der Waals surface area contributed by atoms with E-state index in [1.807, 2.05) is 18.2 Å². The highest BCUT2D eigenvalue weighted by molar-refractivity contribution is 7.80. The van der Waals surface area contributed by atoms with Crippen LogP contribution in [0, 0.1) is 0 Å². The molecule has 1 aliphatic rings. The third-order valence-corrected chi connectivity index (χ3v) is 4.27. The van der Waals surface area contributed by atoms with Crippen LogP contribution in [0.5, 0.6) is 11.5 Å². The molecule has 0 bridgehead atoms. The van der Waals surface area contributed by atoms with Crippen LogP contribution in [0.2, 0.25) is 0 Å². The average Bonchev–Trinajstić information content (AvgIpc) is 2.55. The van der Waals surface area contributed by atoms with Crippen LogP contribution in [0.15, 0.2) is 18.2 Å². The molecule has 0 saturated carbocycles. The molecule has 0 aromatic heterocycles. The molecular formula is C15H24N3O2S+. The topological polar surface area (TPSA) is 38.2 Å². The number of hydrogen-bond acceptors (Lipinski definition) is 3. The van der Waals surface area contributed by atoms with Gasteiger partial charge in [0.1, 0.15) is 11.5 Å². The van der Waals surface area contributed by atoms with Crippen LogP contribution in [-0.4, -0.2) is 57.0 Å². The second kappa shape index (κ2) is 7.47. The van der Waals surface area contributed by atoms with Crippen molar-refractivity contribution < 1.29 is 14.4 Å². The van der Waals surface area contributed by atoms with Crippen molar-refractivity contribution in [3.05, 3.63) is 18.2 Å². The van der Waals surface area contributed by atoms with Gasteiger partial charge in [0, 0.05) is 6.07 Å². The number of quaternary nitrogens is 1. The molecule has 0 atom stereocenters. The number of hydrogen-bond donors (Lipinski definition) is 2. The Hall–Kier alpha value is -1.53. The molecule has 2 N–H and O–H groups in total. The number of nitrogens with zero attached hydrogens (tertiary/aromatic N) is 1. The lowest BCUT2D eigenvalue weighted by molar-refractivity contribution is -0.902. The predicted octanol–water partition coefficient (Wildman–Crippen LogP) is 0.621. The van der Waals surface area contributed by atoms with Gasteiger partial charge in [0.05, 0.1) is 52.6 Å². The molecular weight excluding hydrogens is 286 g/mol. The van der Waals surface area contributed by atoms with Gasteiger partial charge in [-0.25, -0.2) is 0 Å². The molecule has 116 valence electrons. The lowest BCUT2D eigenvalue weighted by atomic mass is 10.2. The first-order valence-electron chi connectivity index (χ1n) is 7.29. The van der Waals surface area contributed by atoms with E-state index in [4.69, 9.17) is 21.7 Å².